The molecule has 1 N–H and O–H groups in total. The minimum atomic E-state index is 0.184. The molecule has 0 spiro atoms. The Morgan fingerprint density at radius 3 is 2.46 bits per heavy atom. The van der Waals surface area contributed by atoms with Gasteiger partial charge in [0.15, 0.2) is 0 Å². The van der Waals surface area contributed by atoms with Gasteiger partial charge >= 0.3 is 0 Å². The van der Waals surface area contributed by atoms with Gasteiger partial charge in [-0.2, -0.15) is 0 Å². The van der Waals surface area contributed by atoms with E-state index in [-0.39, 0.29) is 6.10 Å². The second-order valence-electron chi connectivity index (χ2n) is 5.74. The Bertz CT molecular complexity index is 596. The van der Waals surface area contributed by atoms with E-state index >= 15 is 0 Å². The molecule has 2 aromatic rings. The number of rotatable bonds is 10. The average molecular weight is 329 g/mol. The fourth-order valence-electron chi connectivity index (χ4n) is 2.24. The molecule has 0 fully saturated rings. The highest BCUT2D eigenvalue weighted by molar-refractivity contribution is 5.47. The summed E-state index contributed by atoms with van der Waals surface area (Å²) in [7, 11) is 0. The quantitative estimate of drug-likeness (QED) is 0.651. The average Bonchev–Trinajstić information content (AvgIpc) is 2.58. The Hall–Kier alpha value is -2.20. The maximum absolute atomic E-state index is 5.72. The highest BCUT2D eigenvalue weighted by Gasteiger charge is 2.00. The van der Waals surface area contributed by atoms with Crippen LogP contribution in [0.3, 0.4) is 0 Å². The Labute approximate surface area is 144 Å². The molecule has 0 aliphatic carbocycles. The standard InChI is InChI=1S/C20H27NO3/c1-4-22-12-13-23-19-10-8-18(9-11-19)21-15-17-6-5-7-20(14-17)24-16(2)3/h5-11,14,16,21H,4,12-13,15H2,1-3H3. The summed E-state index contributed by atoms with van der Waals surface area (Å²) in [5.74, 6) is 1.76. The molecule has 0 unspecified atom stereocenters. The Balaban J connectivity index is 1.81. The molecule has 0 aliphatic rings. The number of ether oxygens (including phenoxy) is 3. The van der Waals surface area contributed by atoms with Gasteiger partial charge in [-0.15, -0.1) is 0 Å². The van der Waals surface area contributed by atoms with Crippen LogP contribution < -0.4 is 14.8 Å². The summed E-state index contributed by atoms with van der Waals surface area (Å²) in [6.07, 6.45) is 0.184. The molecule has 0 radical (unpaired) electrons. The van der Waals surface area contributed by atoms with Crippen LogP contribution in [0.25, 0.3) is 0 Å². The number of hydrogen-bond acceptors (Lipinski definition) is 4. The summed E-state index contributed by atoms with van der Waals surface area (Å²) in [4.78, 5) is 0. The first kappa shape index (κ1) is 18.1. The van der Waals surface area contributed by atoms with E-state index < -0.39 is 0 Å². The molecule has 4 heteroatoms. The van der Waals surface area contributed by atoms with Gasteiger partial charge in [-0.25, -0.2) is 0 Å². The number of anilines is 1. The maximum atomic E-state index is 5.72. The fraction of sp³-hybridized carbons (Fsp3) is 0.400. The van der Waals surface area contributed by atoms with Gasteiger partial charge in [0.05, 0.1) is 12.7 Å². The summed E-state index contributed by atoms with van der Waals surface area (Å²) in [6, 6.07) is 16.1. The predicted octanol–water partition coefficient (Wildman–Crippen LogP) is 4.50. The summed E-state index contributed by atoms with van der Waals surface area (Å²) in [5.41, 5.74) is 2.24. The minimum absolute atomic E-state index is 0.184. The van der Waals surface area contributed by atoms with Crippen molar-refractivity contribution in [2.75, 3.05) is 25.1 Å². The lowest BCUT2D eigenvalue weighted by Crippen LogP contribution is -2.07. The van der Waals surface area contributed by atoms with Gasteiger partial charge in [-0.3, -0.25) is 0 Å². The second kappa shape index (κ2) is 9.83. The van der Waals surface area contributed by atoms with Gasteiger partial charge in [-0.1, -0.05) is 12.1 Å². The van der Waals surface area contributed by atoms with E-state index in [1.165, 1.54) is 5.56 Å². The zero-order valence-corrected chi connectivity index (χ0v) is 14.7. The van der Waals surface area contributed by atoms with Crippen LogP contribution in [0.2, 0.25) is 0 Å². The van der Waals surface area contributed by atoms with Crippen molar-refractivity contribution in [1.82, 2.24) is 0 Å². The first-order valence-electron chi connectivity index (χ1n) is 8.47. The van der Waals surface area contributed by atoms with Gasteiger partial charge in [-0.05, 0) is 62.7 Å². The molecule has 0 saturated heterocycles. The predicted molar refractivity (Wildman–Crippen MR) is 98.0 cm³/mol. The Kier molecular flexibility index (Phi) is 7.43. The van der Waals surface area contributed by atoms with E-state index in [1.807, 2.05) is 57.2 Å². The lowest BCUT2D eigenvalue weighted by molar-refractivity contribution is 0.110. The molecule has 130 valence electrons. The van der Waals surface area contributed by atoms with E-state index in [2.05, 4.69) is 17.4 Å². The number of nitrogens with one attached hydrogen (secondary N) is 1. The molecule has 0 aromatic heterocycles. The molecular weight excluding hydrogens is 302 g/mol. The van der Waals surface area contributed by atoms with E-state index in [1.54, 1.807) is 0 Å². The van der Waals surface area contributed by atoms with Crippen molar-refractivity contribution in [2.45, 2.75) is 33.4 Å². The van der Waals surface area contributed by atoms with E-state index in [9.17, 15) is 0 Å². The normalized spacial score (nSPS) is 10.7. The van der Waals surface area contributed by atoms with Crippen LogP contribution >= 0.6 is 0 Å². The summed E-state index contributed by atoms with van der Waals surface area (Å²) in [6.45, 7) is 8.70. The van der Waals surface area contributed by atoms with Gasteiger partial charge in [0.2, 0.25) is 0 Å². The third-order valence-electron chi connectivity index (χ3n) is 3.32. The van der Waals surface area contributed by atoms with Crippen molar-refractivity contribution in [3.05, 3.63) is 54.1 Å². The molecular formula is C20H27NO3. The first-order valence-corrected chi connectivity index (χ1v) is 8.47. The summed E-state index contributed by atoms with van der Waals surface area (Å²) in [5, 5.41) is 3.41. The summed E-state index contributed by atoms with van der Waals surface area (Å²) < 4.78 is 16.6. The van der Waals surface area contributed by atoms with Crippen molar-refractivity contribution in [1.29, 1.82) is 0 Å². The summed E-state index contributed by atoms with van der Waals surface area (Å²) >= 11 is 0. The topological polar surface area (TPSA) is 39.7 Å². The molecule has 0 saturated carbocycles. The van der Waals surface area contributed by atoms with Crippen molar-refractivity contribution in [3.8, 4) is 11.5 Å². The van der Waals surface area contributed by atoms with Crippen molar-refractivity contribution in [2.24, 2.45) is 0 Å². The molecule has 0 aliphatic heterocycles. The first-order chi connectivity index (χ1) is 11.7. The largest absolute Gasteiger partial charge is 0.491 e. The van der Waals surface area contributed by atoms with Crippen molar-refractivity contribution < 1.29 is 14.2 Å². The Morgan fingerprint density at radius 2 is 1.75 bits per heavy atom. The molecule has 4 nitrogen and oxygen atoms in total. The fourth-order valence-corrected chi connectivity index (χ4v) is 2.24. The molecule has 2 aromatic carbocycles. The van der Waals surface area contributed by atoms with Crippen molar-refractivity contribution in [3.63, 3.8) is 0 Å². The lowest BCUT2D eigenvalue weighted by Gasteiger charge is -2.12. The van der Waals surface area contributed by atoms with E-state index in [4.69, 9.17) is 14.2 Å². The van der Waals surface area contributed by atoms with Crippen LogP contribution in [0.15, 0.2) is 48.5 Å². The lowest BCUT2D eigenvalue weighted by atomic mass is 10.2. The van der Waals surface area contributed by atoms with Crippen LogP contribution in [0.5, 0.6) is 11.5 Å². The third-order valence-corrected chi connectivity index (χ3v) is 3.32. The second-order valence-corrected chi connectivity index (χ2v) is 5.74. The maximum Gasteiger partial charge on any atom is 0.120 e. The van der Waals surface area contributed by atoms with Crippen LogP contribution in [-0.2, 0) is 11.3 Å². The molecule has 0 atom stereocenters. The van der Waals surface area contributed by atoms with Gasteiger partial charge in [0.25, 0.3) is 0 Å². The van der Waals surface area contributed by atoms with E-state index in [0.29, 0.717) is 13.2 Å². The van der Waals surface area contributed by atoms with Crippen molar-refractivity contribution >= 4 is 5.69 Å². The van der Waals surface area contributed by atoms with Gasteiger partial charge in [0.1, 0.15) is 18.1 Å². The van der Waals surface area contributed by atoms with Crippen LogP contribution in [-0.4, -0.2) is 25.9 Å². The zero-order valence-electron chi connectivity index (χ0n) is 14.7. The number of hydrogen-bond donors (Lipinski definition) is 1. The molecule has 0 heterocycles. The van der Waals surface area contributed by atoms with Gasteiger partial charge in [0, 0.05) is 18.8 Å². The minimum Gasteiger partial charge on any atom is -0.491 e. The van der Waals surface area contributed by atoms with Gasteiger partial charge < -0.3 is 19.5 Å². The van der Waals surface area contributed by atoms with Crippen LogP contribution in [0.1, 0.15) is 26.3 Å². The SMILES string of the molecule is CCOCCOc1ccc(NCc2cccc(OC(C)C)c2)cc1. The molecule has 2 rings (SSSR count). The highest BCUT2D eigenvalue weighted by Crippen LogP contribution is 2.18. The highest BCUT2D eigenvalue weighted by atomic mass is 16.5. The van der Waals surface area contributed by atoms with Crippen LogP contribution in [0.4, 0.5) is 5.69 Å². The molecule has 0 amide bonds. The molecule has 0 bridgehead atoms. The zero-order chi connectivity index (χ0) is 17.2. The number of benzene rings is 2. The Morgan fingerprint density at radius 1 is 0.958 bits per heavy atom. The molecule has 24 heavy (non-hydrogen) atoms. The monoisotopic (exact) mass is 329 g/mol. The van der Waals surface area contributed by atoms with E-state index in [0.717, 1.165) is 30.3 Å². The third kappa shape index (κ3) is 6.50. The van der Waals surface area contributed by atoms with Crippen LogP contribution in [0, 0.1) is 0 Å². The smallest absolute Gasteiger partial charge is 0.120 e.